The third-order valence-electron chi connectivity index (χ3n) is 3.06. The van der Waals surface area contributed by atoms with Crippen molar-refractivity contribution in [2.24, 2.45) is 0 Å². The van der Waals surface area contributed by atoms with Gasteiger partial charge in [-0.2, -0.15) is 5.10 Å². The Morgan fingerprint density at radius 1 is 1.39 bits per heavy atom. The molecule has 18 heavy (non-hydrogen) atoms. The first kappa shape index (κ1) is 12.8. The van der Waals surface area contributed by atoms with Crippen LogP contribution < -0.4 is 0 Å². The van der Waals surface area contributed by atoms with Crippen LogP contribution in [0.5, 0.6) is 0 Å². The highest BCUT2D eigenvalue weighted by Crippen LogP contribution is 2.29. The highest BCUT2D eigenvalue weighted by atomic mass is 35.5. The Bertz CT molecular complexity index is 548. The summed E-state index contributed by atoms with van der Waals surface area (Å²) in [6, 6.07) is 9.78. The van der Waals surface area contributed by atoms with Gasteiger partial charge in [0, 0.05) is 5.56 Å². The normalized spacial score (nSPS) is 12.4. The van der Waals surface area contributed by atoms with Crippen LogP contribution in [-0.4, -0.2) is 16.1 Å². The second-order valence-corrected chi connectivity index (χ2v) is 4.60. The van der Waals surface area contributed by atoms with Crippen molar-refractivity contribution in [1.82, 2.24) is 9.78 Å². The third-order valence-corrected chi connectivity index (χ3v) is 3.44. The van der Waals surface area contributed by atoms with Gasteiger partial charge in [-0.15, -0.1) is 0 Å². The van der Waals surface area contributed by atoms with Crippen LogP contribution in [0.25, 0.3) is 11.3 Å². The second kappa shape index (κ2) is 5.36. The van der Waals surface area contributed by atoms with Crippen LogP contribution in [0.15, 0.2) is 30.3 Å². The molecule has 94 valence electrons. The highest BCUT2D eigenvalue weighted by Gasteiger charge is 2.19. The number of hydrogen-bond acceptors (Lipinski definition) is 2. The van der Waals surface area contributed by atoms with Crippen molar-refractivity contribution >= 4 is 17.9 Å². The van der Waals surface area contributed by atoms with E-state index in [9.17, 15) is 4.79 Å². The van der Waals surface area contributed by atoms with E-state index in [0.717, 1.165) is 18.3 Å². The van der Waals surface area contributed by atoms with Crippen LogP contribution in [0.2, 0.25) is 5.15 Å². The minimum atomic E-state index is 0.175. The zero-order chi connectivity index (χ0) is 13.1. The van der Waals surface area contributed by atoms with E-state index in [2.05, 4.69) is 12.0 Å². The molecule has 4 heteroatoms. The van der Waals surface area contributed by atoms with Gasteiger partial charge >= 0.3 is 0 Å². The van der Waals surface area contributed by atoms with Crippen molar-refractivity contribution in [3.05, 3.63) is 41.0 Å². The number of halogens is 1. The number of carbonyl (C=O) groups excluding carboxylic acids is 1. The molecule has 2 aromatic rings. The molecule has 1 heterocycles. The molecule has 0 amide bonds. The summed E-state index contributed by atoms with van der Waals surface area (Å²) >= 11 is 6.22. The monoisotopic (exact) mass is 262 g/mol. The minimum Gasteiger partial charge on any atom is -0.298 e. The Kier molecular flexibility index (Phi) is 3.82. The molecule has 0 bridgehead atoms. The van der Waals surface area contributed by atoms with Gasteiger partial charge in [-0.3, -0.25) is 4.79 Å². The van der Waals surface area contributed by atoms with E-state index in [4.69, 9.17) is 11.6 Å². The summed E-state index contributed by atoms with van der Waals surface area (Å²) in [4.78, 5) is 11.2. The Labute approximate surface area is 111 Å². The first-order valence-electron chi connectivity index (χ1n) is 5.97. The lowest BCUT2D eigenvalue weighted by molar-refractivity contribution is 0.112. The highest BCUT2D eigenvalue weighted by molar-refractivity contribution is 6.32. The molecule has 0 saturated carbocycles. The molecule has 1 aromatic carbocycles. The van der Waals surface area contributed by atoms with Crippen LogP contribution in [0.1, 0.15) is 36.7 Å². The quantitative estimate of drug-likeness (QED) is 0.781. The zero-order valence-electron chi connectivity index (χ0n) is 10.4. The number of benzene rings is 1. The topological polar surface area (TPSA) is 34.9 Å². The van der Waals surface area contributed by atoms with E-state index in [1.807, 2.05) is 37.3 Å². The zero-order valence-corrected chi connectivity index (χ0v) is 11.2. The largest absolute Gasteiger partial charge is 0.298 e. The molecule has 0 aliphatic heterocycles. The molecule has 0 spiro atoms. The fraction of sp³-hybridized carbons (Fsp3) is 0.286. The van der Waals surface area contributed by atoms with Crippen molar-refractivity contribution in [3.8, 4) is 11.3 Å². The van der Waals surface area contributed by atoms with Crippen molar-refractivity contribution in [3.63, 3.8) is 0 Å². The molecule has 2 rings (SSSR count). The maximum absolute atomic E-state index is 11.2. The number of rotatable bonds is 4. The van der Waals surface area contributed by atoms with Gasteiger partial charge in [0.1, 0.15) is 10.8 Å². The maximum Gasteiger partial charge on any atom is 0.155 e. The molecule has 3 nitrogen and oxygen atoms in total. The van der Waals surface area contributed by atoms with Crippen molar-refractivity contribution in [2.45, 2.75) is 26.3 Å². The van der Waals surface area contributed by atoms with E-state index in [0.29, 0.717) is 16.4 Å². The SMILES string of the molecule is CCC(C)n1nc(-c2ccccc2)c(C=O)c1Cl. The van der Waals surface area contributed by atoms with E-state index in [-0.39, 0.29) is 6.04 Å². The van der Waals surface area contributed by atoms with Crippen LogP contribution in [0, 0.1) is 0 Å². The summed E-state index contributed by atoms with van der Waals surface area (Å²) in [5, 5.41) is 4.89. The van der Waals surface area contributed by atoms with Gasteiger partial charge in [0.05, 0.1) is 11.6 Å². The lowest BCUT2D eigenvalue weighted by atomic mass is 10.1. The van der Waals surface area contributed by atoms with Gasteiger partial charge < -0.3 is 0 Å². The molecule has 1 atom stereocenters. The molecule has 0 radical (unpaired) electrons. The Morgan fingerprint density at radius 3 is 2.61 bits per heavy atom. The van der Waals surface area contributed by atoms with E-state index < -0.39 is 0 Å². The Morgan fingerprint density at radius 2 is 2.06 bits per heavy atom. The number of aldehydes is 1. The standard InChI is InChI=1S/C14H15ClN2O/c1-3-10(2)17-14(15)12(9-18)13(16-17)11-7-5-4-6-8-11/h4-10H,3H2,1-2H3. The summed E-state index contributed by atoms with van der Waals surface area (Å²) in [5.41, 5.74) is 2.02. The molecular formula is C14H15ClN2O. The first-order chi connectivity index (χ1) is 8.69. The van der Waals surface area contributed by atoms with E-state index >= 15 is 0 Å². The summed E-state index contributed by atoms with van der Waals surface area (Å²) in [6.45, 7) is 4.09. The van der Waals surface area contributed by atoms with Crippen molar-refractivity contribution in [2.75, 3.05) is 0 Å². The molecular weight excluding hydrogens is 248 g/mol. The summed E-state index contributed by atoms with van der Waals surface area (Å²) in [7, 11) is 0. The Hall–Kier alpha value is -1.61. The third kappa shape index (κ3) is 2.18. The van der Waals surface area contributed by atoms with Crippen LogP contribution in [-0.2, 0) is 0 Å². The number of carbonyl (C=O) groups is 1. The van der Waals surface area contributed by atoms with E-state index in [1.165, 1.54) is 0 Å². The smallest absolute Gasteiger partial charge is 0.155 e. The van der Waals surface area contributed by atoms with Crippen LogP contribution in [0.4, 0.5) is 0 Å². The van der Waals surface area contributed by atoms with Crippen LogP contribution >= 0.6 is 11.6 Å². The molecule has 0 fully saturated rings. The lowest BCUT2D eigenvalue weighted by Gasteiger charge is -2.09. The predicted molar refractivity (Wildman–Crippen MR) is 73.1 cm³/mol. The average Bonchev–Trinajstić information content (AvgIpc) is 2.76. The van der Waals surface area contributed by atoms with Gasteiger partial charge in [0.25, 0.3) is 0 Å². The predicted octanol–water partition coefficient (Wildman–Crippen LogP) is 3.99. The Balaban J connectivity index is 2.58. The second-order valence-electron chi connectivity index (χ2n) is 4.24. The van der Waals surface area contributed by atoms with Crippen molar-refractivity contribution in [1.29, 1.82) is 0 Å². The summed E-state index contributed by atoms with van der Waals surface area (Å²) < 4.78 is 1.72. The molecule has 1 aromatic heterocycles. The summed E-state index contributed by atoms with van der Waals surface area (Å²) in [5.74, 6) is 0. The minimum absolute atomic E-state index is 0.175. The molecule has 0 N–H and O–H groups in total. The maximum atomic E-state index is 11.2. The molecule has 0 saturated heterocycles. The number of aromatic nitrogens is 2. The van der Waals surface area contributed by atoms with Gasteiger partial charge in [-0.25, -0.2) is 4.68 Å². The van der Waals surface area contributed by atoms with Gasteiger partial charge in [0.2, 0.25) is 0 Å². The molecule has 1 unspecified atom stereocenters. The first-order valence-corrected chi connectivity index (χ1v) is 6.35. The van der Waals surface area contributed by atoms with Crippen LogP contribution in [0.3, 0.4) is 0 Å². The van der Waals surface area contributed by atoms with Gasteiger partial charge in [-0.1, -0.05) is 48.9 Å². The van der Waals surface area contributed by atoms with Gasteiger partial charge in [0.15, 0.2) is 6.29 Å². The number of nitrogens with zero attached hydrogens (tertiary/aromatic N) is 2. The summed E-state index contributed by atoms with van der Waals surface area (Å²) in [6.07, 6.45) is 1.68. The molecule has 0 aliphatic carbocycles. The fourth-order valence-electron chi connectivity index (χ4n) is 1.81. The average molecular weight is 263 g/mol. The number of hydrogen-bond donors (Lipinski definition) is 0. The fourth-order valence-corrected chi connectivity index (χ4v) is 2.14. The lowest BCUT2D eigenvalue weighted by Crippen LogP contribution is -2.05. The van der Waals surface area contributed by atoms with Crippen molar-refractivity contribution < 1.29 is 4.79 Å². The van der Waals surface area contributed by atoms with E-state index in [1.54, 1.807) is 4.68 Å². The molecule has 0 aliphatic rings. The van der Waals surface area contributed by atoms with Gasteiger partial charge in [-0.05, 0) is 13.3 Å².